The van der Waals surface area contributed by atoms with Crippen molar-refractivity contribution < 1.29 is 4.79 Å². The molecule has 30 heavy (non-hydrogen) atoms. The van der Waals surface area contributed by atoms with Gasteiger partial charge in [-0.1, -0.05) is 40.5 Å². The van der Waals surface area contributed by atoms with Crippen LogP contribution >= 0.6 is 11.3 Å². The molecule has 0 aromatic carbocycles. The molecule has 0 N–H and O–H groups in total. The summed E-state index contributed by atoms with van der Waals surface area (Å²) in [6.45, 7) is 12.4. The lowest BCUT2D eigenvalue weighted by atomic mass is 10.1. The molecule has 0 aliphatic heterocycles. The highest BCUT2D eigenvalue weighted by Gasteiger charge is 2.30. The largest absolute Gasteiger partial charge is 0.356 e. The number of carbonyl (C=O) groups is 1. The molecule has 1 fully saturated rings. The summed E-state index contributed by atoms with van der Waals surface area (Å²) >= 11 is 1.79. The number of aromatic nitrogens is 2. The van der Waals surface area contributed by atoms with E-state index in [-0.39, 0.29) is 12.3 Å². The number of carbonyl (C=O) groups excluding carboxylic acids is 1. The Morgan fingerprint density at radius 3 is 2.50 bits per heavy atom. The SMILES string of the molecule is CCCc1c(CC)sc2nc(CC(=O)N(CC)CC(C)CC)nc(N(C)C3CC3)c12. The molecule has 0 radical (unpaired) electrons. The van der Waals surface area contributed by atoms with Crippen LogP contribution in [-0.4, -0.2) is 47.0 Å². The number of rotatable bonds is 11. The van der Waals surface area contributed by atoms with Gasteiger partial charge in [-0.2, -0.15) is 0 Å². The highest BCUT2D eigenvalue weighted by Crippen LogP contribution is 2.40. The van der Waals surface area contributed by atoms with Crippen molar-refractivity contribution >= 4 is 33.3 Å². The first-order valence-corrected chi connectivity index (χ1v) is 12.6. The van der Waals surface area contributed by atoms with Crippen LogP contribution in [0.3, 0.4) is 0 Å². The third-order valence-electron chi connectivity index (χ3n) is 6.28. The van der Waals surface area contributed by atoms with Gasteiger partial charge in [0.05, 0.1) is 11.8 Å². The molecule has 5 nitrogen and oxygen atoms in total. The van der Waals surface area contributed by atoms with E-state index >= 15 is 0 Å². The van der Waals surface area contributed by atoms with Crippen LogP contribution in [0.15, 0.2) is 0 Å². The van der Waals surface area contributed by atoms with Gasteiger partial charge in [0.1, 0.15) is 16.5 Å². The lowest BCUT2D eigenvalue weighted by Gasteiger charge is -2.24. The standard InChI is InChI=1S/C24H38N4OS/c1-7-11-18-19(9-3)30-24-22(18)23(27(6)17-12-13-17)25-20(26-24)14-21(29)28(10-4)15-16(5)8-2/h16-17H,7-15H2,1-6H3. The van der Waals surface area contributed by atoms with Gasteiger partial charge < -0.3 is 9.80 Å². The lowest BCUT2D eigenvalue weighted by molar-refractivity contribution is -0.131. The molecule has 2 aromatic rings. The van der Waals surface area contributed by atoms with Crippen LogP contribution < -0.4 is 4.90 Å². The van der Waals surface area contributed by atoms with E-state index in [1.807, 2.05) is 4.90 Å². The van der Waals surface area contributed by atoms with Gasteiger partial charge >= 0.3 is 0 Å². The first-order valence-electron chi connectivity index (χ1n) is 11.7. The Morgan fingerprint density at radius 2 is 1.93 bits per heavy atom. The summed E-state index contributed by atoms with van der Waals surface area (Å²) in [5.41, 5.74) is 1.42. The maximum Gasteiger partial charge on any atom is 0.230 e. The molecule has 1 unspecified atom stereocenters. The van der Waals surface area contributed by atoms with E-state index in [1.165, 1.54) is 28.7 Å². The maximum atomic E-state index is 13.0. The number of hydrogen-bond donors (Lipinski definition) is 0. The lowest BCUT2D eigenvalue weighted by Crippen LogP contribution is -2.36. The summed E-state index contributed by atoms with van der Waals surface area (Å²) < 4.78 is 0. The molecule has 0 spiro atoms. The molecule has 1 saturated carbocycles. The van der Waals surface area contributed by atoms with E-state index in [9.17, 15) is 4.79 Å². The number of fused-ring (bicyclic) bond motifs is 1. The fourth-order valence-corrected chi connectivity index (χ4v) is 5.23. The van der Waals surface area contributed by atoms with Crippen molar-refractivity contribution in [2.24, 2.45) is 5.92 Å². The van der Waals surface area contributed by atoms with Gasteiger partial charge in [0.15, 0.2) is 0 Å². The average molecular weight is 431 g/mol. The molecule has 0 bridgehead atoms. The zero-order valence-corrected chi connectivity index (χ0v) is 20.4. The van der Waals surface area contributed by atoms with E-state index in [0.717, 1.165) is 49.4 Å². The summed E-state index contributed by atoms with van der Waals surface area (Å²) in [6, 6.07) is 0.573. The molecule has 2 aromatic heterocycles. The average Bonchev–Trinajstić information content (AvgIpc) is 3.53. The zero-order valence-electron chi connectivity index (χ0n) is 19.6. The molecule has 6 heteroatoms. The third kappa shape index (κ3) is 4.96. The summed E-state index contributed by atoms with van der Waals surface area (Å²) in [6.07, 6.45) is 7.02. The zero-order chi connectivity index (χ0) is 21.8. The van der Waals surface area contributed by atoms with E-state index in [2.05, 4.69) is 46.6 Å². The number of aryl methyl sites for hydroxylation is 2. The number of likely N-dealkylation sites (N-methyl/N-ethyl adjacent to an activating group) is 1. The Balaban J connectivity index is 1.98. The molecule has 0 saturated heterocycles. The fourth-order valence-electron chi connectivity index (χ4n) is 4.06. The van der Waals surface area contributed by atoms with Gasteiger partial charge in [-0.05, 0) is 44.1 Å². The smallest absolute Gasteiger partial charge is 0.230 e. The topological polar surface area (TPSA) is 49.3 Å². The van der Waals surface area contributed by atoms with Gasteiger partial charge in [0.2, 0.25) is 5.91 Å². The van der Waals surface area contributed by atoms with E-state index in [4.69, 9.17) is 9.97 Å². The molecule has 1 amide bonds. The van der Waals surface area contributed by atoms with E-state index < -0.39 is 0 Å². The van der Waals surface area contributed by atoms with E-state index in [0.29, 0.717) is 17.8 Å². The van der Waals surface area contributed by atoms with Crippen LogP contribution in [0.5, 0.6) is 0 Å². The van der Waals surface area contributed by atoms with E-state index in [1.54, 1.807) is 11.3 Å². The first-order chi connectivity index (χ1) is 14.4. The molecule has 1 aliphatic rings. The van der Waals surface area contributed by atoms with Crippen LogP contribution in [0.1, 0.15) is 76.6 Å². The minimum Gasteiger partial charge on any atom is -0.356 e. The molecule has 1 aliphatic carbocycles. The predicted octanol–water partition coefficient (Wildman–Crippen LogP) is 5.24. The number of nitrogens with zero attached hydrogens (tertiary/aromatic N) is 4. The van der Waals surface area contributed by atoms with Crippen molar-refractivity contribution in [3.8, 4) is 0 Å². The van der Waals surface area contributed by atoms with Crippen LogP contribution in [-0.2, 0) is 24.1 Å². The molecular formula is C24H38N4OS. The van der Waals surface area contributed by atoms with Gasteiger partial charge in [-0.3, -0.25) is 4.79 Å². The highest BCUT2D eigenvalue weighted by atomic mass is 32.1. The predicted molar refractivity (Wildman–Crippen MR) is 128 cm³/mol. The Bertz CT molecular complexity index is 874. The van der Waals surface area contributed by atoms with Gasteiger partial charge in [0.25, 0.3) is 0 Å². The van der Waals surface area contributed by atoms with Crippen LogP contribution in [0.25, 0.3) is 10.2 Å². The number of anilines is 1. The number of thiophene rings is 1. The maximum absolute atomic E-state index is 13.0. The molecule has 2 heterocycles. The van der Waals surface area contributed by atoms with Crippen molar-refractivity contribution in [2.45, 2.75) is 85.6 Å². The van der Waals surface area contributed by atoms with Gasteiger partial charge in [-0.25, -0.2) is 9.97 Å². The second-order valence-electron chi connectivity index (χ2n) is 8.72. The molecular weight excluding hydrogens is 392 g/mol. The van der Waals surface area contributed by atoms with Crippen LogP contribution in [0.2, 0.25) is 0 Å². The minimum atomic E-state index is 0.137. The van der Waals surface area contributed by atoms with Gasteiger partial charge in [0, 0.05) is 31.1 Å². The first kappa shape index (κ1) is 23.0. The molecule has 3 rings (SSSR count). The Morgan fingerprint density at radius 1 is 1.20 bits per heavy atom. The quantitative estimate of drug-likeness (QED) is 0.489. The Hall–Kier alpha value is -1.69. The summed E-state index contributed by atoms with van der Waals surface area (Å²) in [7, 11) is 2.16. The van der Waals surface area contributed by atoms with Crippen molar-refractivity contribution in [1.82, 2.24) is 14.9 Å². The van der Waals surface area contributed by atoms with Crippen molar-refractivity contribution in [1.29, 1.82) is 0 Å². The van der Waals surface area contributed by atoms with Crippen molar-refractivity contribution in [2.75, 3.05) is 25.0 Å². The number of amides is 1. The number of hydrogen-bond acceptors (Lipinski definition) is 5. The highest BCUT2D eigenvalue weighted by molar-refractivity contribution is 7.19. The molecule has 1 atom stereocenters. The van der Waals surface area contributed by atoms with Crippen molar-refractivity contribution in [3.63, 3.8) is 0 Å². The fraction of sp³-hybridized carbons (Fsp3) is 0.708. The summed E-state index contributed by atoms with van der Waals surface area (Å²) in [5, 5.41) is 1.23. The third-order valence-corrected chi connectivity index (χ3v) is 7.55. The second-order valence-corrected chi connectivity index (χ2v) is 9.80. The summed E-state index contributed by atoms with van der Waals surface area (Å²) in [5.74, 6) is 2.35. The monoisotopic (exact) mass is 430 g/mol. The van der Waals surface area contributed by atoms with Gasteiger partial charge in [-0.15, -0.1) is 11.3 Å². The second kappa shape index (κ2) is 10.1. The molecule has 166 valence electrons. The van der Waals surface area contributed by atoms with Crippen LogP contribution in [0.4, 0.5) is 5.82 Å². The Labute approximate surface area is 185 Å². The Kier molecular flexibility index (Phi) is 7.72. The van der Waals surface area contributed by atoms with Crippen LogP contribution in [0, 0.1) is 5.92 Å². The summed E-state index contributed by atoms with van der Waals surface area (Å²) in [4.78, 5) is 29.7. The normalized spacial score (nSPS) is 14.9. The van der Waals surface area contributed by atoms with Crippen molar-refractivity contribution in [3.05, 3.63) is 16.3 Å². The minimum absolute atomic E-state index is 0.137.